The number of nitrogens with zero attached hydrogens (tertiary/aromatic N) is 2. The van der Waals surface area contributed by atoms with Gasteiger partial charge in [0.15, 0.2) is 0 Å². The Bertz CT molecular complexity index is 965. The zero-order valence-electron chi connectivity index (χ0n) is 19.6. The van der Waals surface area contributed by atoms with Crippen LogP contribution in [0.1, 0.15) is 81.0 Å². The van der Waals surface area contributed by atoms with Crippen molar-refractivity contribution in [2.75, 3.05) is 11.4 Å². The van der Waals surface area contributed by atoms with E-state index in [2.05, 4.69) is 5.32 Å². The van der Waals surface area contributed by atoms with Gasteiger partial charge in [0.05, 0.1) is 11.2 Å². The SMILES string of the molecule is O=C(NC1[C@H]2CC3C[C@H]1CC(O)(C3)C2)c1ccc(N2CCCC2C(=O)O)nc1SC1CCCC1. The van der Waals surface area contributed by atoms with Gasteiger partial charge < -0.3 is 20.4 Å². The molecule has 1 saturated heterocycles. The number of nitrogens with one attached hydrogen (secondary N) is 1. The van der Waals surface area contributed by atoms with Gasteiger partial charge in [0.25, 0.3) is 5.91 Å². The highest BCUT2D eigenvalue weighted by atomic mass is 32.2. The number of aromatic nitrogens is 1. The zero-order chi connectivity index (χ0) is 23.4. The molecular formula is C26H35N3O4S. The number of thioether (sulfide) groups is 1. The smallest absolute Gasteiger partial charge is 0.326 e. The summed E-state index contributed by atoms with van der Waals surface area (Å²) in [5.74, 6) is 1.11. The number of carboxylic acid groups (broad SMARTS) is 1. The van der Waals surface area contributed by atoms with Gasteiger partial charge in [-0.2, -0.15) is 0 Å². The van der Waals surface area contributed by atoms with Gasteiger partial charge in [-0.1, -0.05) is 12.8 Å². The van der Waals surface area contributed by atoms with Crippen molar-refractivity contribution in [1.29, 1.82) is 0 Å². The Kier molecular flexibility index (Phi) is 5.79. The molecular weight excluding hydrogens is 450 g/mol. The molecule has 5 aliphatic carbocycles. The van der Waals surface area contributed by atoms with Crippen molar-refractivity contribution in [3.8, 4) is 0 Å². The molecule has 1 aliphatic heterocycles. The van der Waals surface area contributed by atoms with Crippen LogP contribution in [-0.2, 0) is 4.79 Å². The van der Waals surface area contributed by atoms with E-state index in [9.17, 15) is 19.8 Å². The third-order valence-electron chi connectivity index (χ3n) is 9.04. The average molecular weight is 486 g/mol. The van der Waals surface area contributed by atoms with E-state index < -0.39 is 17.6 Å². The Morgan fingerprint density at radius 1 is 1.06 bits per heavy atom. The van der Waals surface area contributed by atoms with E-state index in [4.69, 9.17) is 4.98 Å². The zero-order valence-corrected chi connectivity index (χ0v) is 20.4. The van der Waals surface area contributed by atoms with Gasteiger partial charge in [0.2, 0.25) is 0 Å². The molecule has 5 saturated carbocycles. The molecule has 1 amide bonds. The predicted molar refractivity (Wildman–Crippen MR) is 130 cm³/mol. The number of aliphatic hydroxyl groups is 1. The molecule has 7 rings (SSSR count). The largest absolute Gasteiger partial charge is 0.480 e. The molecule has 3 atom stereocenters. The molecule has 1 aromatic rings. The average Bonchev–Trinajstić information content (AvgIpc) is 3.47. The monoisotopic (exact) mass is 485 g/mol. The van der Waals surface area contributed by atoms with Crippen LogP contribution < -0.4 is 10.2 Å². The molecule has 0 radical (unpaired) electrons. The van der Waals surface area contributed by atoms with Gasteiger partial charge >= 0.3 is 5.97 Å². The summed E-state index contributed by atoms with van der Waals surface area (Å²) in [5, 5.41) is 25.1. The summed E-state index contributed by atoms with van der Waals surface area (Å²) in [6, 6.07) is 3.27. The van der Waals surface area contributed by atoms with Gasteiger partial charge in [0, 0.05) is 17.8 Å². The molecule has 8 heteroatoms. The molecule has 34 heavy (non-hydrogen) atoms. The minimum absolute atomic E-state index is 0.0692. The summed E-state index contributed by atoms with van der Waals surface area (Å²) >= 11 is 1.69. The summed E-state index contributed by atoms with van der Waals surface area (Å²) in [6.07, 6.45) is 10.9. The first-order valence-corrected chi connectivity index (χ1v) is 14.0. The summed E-state index contributed by atoms with van der Waals surface area (Å²) in [5.41, 5.74) is 0.0973. The highest BCUT2D eigenvalue weighted by molar-refractivity contribution is 7.99. The fraction of sp³-hybridized carbons (Fsp3) is 0.731. The van der Waals surface area contributed by atoms with Crippen LogP contribution in [0, 0.1) is 17.8 Å². The second kappa shape index (κ2) is 8.70. The Balaban J connectivity index is 1.25. The Hall–Kier alpha value is -1.80. The fourth-order valence-corrected chi connectivity index (χ4v) is 9.08. The molecule has 1 aromatic heterocycles. The van der Waals surface area contributed by atoms with E-state index in [1.807, 2.05) is 17.0 Å². The first kappa shape index (κ1) is 22.7. The number of amides is 1. The van der Waals surface area contributed by atoms with Crippen LogP contribution in [0.2, 0.25) is 0 Å². The first-order valence-electron chi connectivity index (χ1n) is 13.1. The van der Waals surface area contributed by atoms with Crippen LogP contribution in [0.4, 0.5) is 5.82 Å². The number of rotatable bonds is 6. The van der Waals surface area contributed by atoms with E-state index >= 15 is 0 Å². The van der Waals surface area contributed by atoms with E-state index in [0.717, 1.165) is 56.4 Å². The number of carboxylic acids is 1. The van der Waals surface area contributed by atoms with Crippen molar-refractivity contribution in [3.05, 3.63) is 17.7 Å². The van der Waals surface area contributed by atoms with E-state index in [1.54, 1.807) is 11.8 Å². The minimum Gasteiger partial charge on any atom is -0.480 e. The van der Waals surface area contributed by atoms with Crippen LogP contribution in [0.15, 0.2) is 17.2 Å². The lowest BCUT2D eigenvalue weighted by Gasteiger charge is -2.58. The maximum absolute atomic E-state index is 13.6. The molecule has 4 bridgehead atoms. The van der Waals surface area contributed by atoms with Crippen LogP contribution >= 0.6 is 11.8 Å². The van der Waals surface area contributed by atoms with Gasteiger partial charge in [-0.3, -0.25) is 4.79 Å². The molecule has 3 N–H and O–H groups in total. The molecule has 7 nitrogen and oxygen atoms in total. The standard InChI is InChI=1S/C26H35N3O4S/c30-23(28-22-16-10-15-11-17(22)14-26(33,12-15)13-16)19-7-8-21(29-9-3-6-20(29)25(31)32)27-24(19)34-18-4-1-2-5-18/h7-8,15-18,20,22,33H,1-6,9-14H2,(H,28,30)(H,31,32)/t15?,16-,17-,20?,22?,26?/m0/s1. The number of aliphatic carboxylic acids is 1. The van der Waals surface area contributed by atoms with Crippen LogP contribution in [0.5, 0.6) is 0 Å². The van der Waals surface area contributed by atoms with Crippen molar-refractivity contribution in [1.82, 2.24) is 10.3 Å². The quantitative estimate of drug-likeness (QED) is 0.563. The highest BCUT2D eigenvalue weighted by Gasteiger charge is 2.55. The lowest BCUT2D eigenvalue weighted by molar-refractivity contribution is -0.138. The topological polar surface area (TPSA) is 103 Å². The van der Waals surface area contributed by atoms with Crippen molar-refractivity contribution >= 4 is 29.5 Å². The van der Waals surface area contributed by atoms with Crippen LogP contribution in [0.25, 0.3) is 0 Å². The minimum atomic E-state index is -0.811. The Morgan fingerprint density at radius 2 is 1.79 bits per heavy atom. The molecule has 184 valence electrons. The van der Waals surface area contributed by atoms with E-state index in [1.165, 1.54) is 12.8 Å². The number of carbonyl (C=O) groups excluding carboxylic acids is 1. The second-order valence-corrected chi connectivity index (χ2v) is 12.7. The Labute approximate surface area is 205 Å². The third kappa shape index (κ3) is 4.11. The van der Waals surface area contributed by atoms with E-state index in [0.29, 0.717) is 47.4 Å². The van der Waals surface area contributed by atoms with Crippen molar-refractivity contribution < 1.29 is 19.8 Å². The van der Waals surface area contributed by atoms with Crippen molar-refractivity contribution in [3.63, 3.8) is 0 Å². The van der Waals surface area contributed by atoms with Gasteiger partial charge in [-0.25, -0.2) is 9.78 Å². The normalized spacial score (nSPS) is 36.9. The van der Waals surface area contributed by atoms with Crippen LogP contribution in [-0.4, -0.2) is 56.6 Å². The van der Waals surface area contributed by atoms with Gasteiger partial charge in [-0.15, -0.1) is 11.8 Å². The Morgan fingerprint density at radius 3 is 2.47 bits per heavy atom. The fourth-order valence-electron chi connectivity index (χ4n) is 7.76. The molecule has 0 aromatic carbocycles. The van der Waals surface area contributed by atoms with E-state index in [-0.39, 0.29) is 11.9 Å². The summed E-state index contributed by atoms with van der Waals surface area (Å²) < 4.78 is 0. The van der Waals surface area contributed by atoms with Crippen molar-refractivity contribution in [2.24, 2.45) is 17.8 Å². The molecule has 0 spiro atoms. The molecule has 6 fully saturated rings. The summed E-state index contributed by atoms with van der Waals surface area (Å²) in [6.45, 7) is 0.679. The molecule has 1 unspecified atom stereocenters. The number of hydrogen-bond donors (Lipinski definition) is 3. The lowest BCUT2D eigenvalue weighted by Crippen LogP contribution is -2.61. The number of pyridine rings is 1. The highest BCUT2D eigenvalue weighted by Crippen LogP contribution is 2.55. The van der Waals surface area contributed by atoms with Gasteiger partial charge in [0.1, 0.15) is 16.9 Å². The second-order valence-electron chi connectivity index (χ2n) is 11.4. The van der Waals surface area contributed by atoms with Crippen LogP contribution in [0.3, 0.4) is 0 Å². The maximum atomic E-state index is 13.6. The third-order valence-corrected chi connectivity index (χ3v) is 10.4. The first-order chi connectivity index (χ1) is 16.4. The lowest BCUT2D eigenvalue weighted by atomic mass is 9.52. The maximum Gasteiger partial charge on any atom is 0.326 e. The van der Waals surface area contributed by atoms with Crippen molar-refractivity contribution in [2.45, 2.75) is 98.6 Å². The number of hydrogen-bond acceptors (Lipinski definition) is 6. The van der Waals surface area contributed by atoms with Gasteiger partial charge in [-0.05, 0) is 87.7 Å². The molecule has 2 heterocycles. The summed E-state index contributed by atoms with van der Waals surface area (Å²) in [7, 11) is 0. The molecule has 6 aliphatic rings. The number of anilines is 1. The predicted octanol–water partition coefficient (Wildman–Crippen LogP) is 3.84. The summed E-state index contributed by atoms with van der Waals surface area (Å²) in [4.78, 5) is 32.1. The number of carbonyl (C=O) groups is 2.